The molecule has 4 aliphatic rings. The van der Waals surface area contributed by atoms with Crippen LogP contribution in [-0.2, 0) is 57.1 Å². The van der Waals surface area contributed by atoms with E-state index in [0.29, 0.717) is 32.1 Å². The van der Waals surface area contributed by atoms with Gasteiger partial charge in [-0.1, -0.05) is 74.7 Å². The smallest absolute Gasteiger partial charge is 0.335 e. The van der Waals surface area contributed by atoms with Gasteiger partial charge in [0.05, 0.1) is 31.0 Å². The molecule has 0 bridgehead atoms. The molecule has 0 aromatic carbocycles. The largest absolute Gasteiger partial charge is 0.479 e. The Morgan fingerprint density at radius 2 is 1.07 bits per heavy atom. The number of carboxylic acids is 2. The van der Waals surface area contributed by atoms with Gasteiger partial charge in [-0.05, 0) is 43.4 Å². The first-order chi connectivity index (χ1) is 32.6. The molecule has 0 saturated carbocycles. The van der Waals surface area contributed by atoms with Crippen LogP contribution in [0.3, 0.4) is 0 Å². The second-order valence-electron chi connectivity index (χ2n) is 21.2. The van der Waals surface area contributed by atoms with Gasteiger partial charge >= 0.3 is 11.9 Å². The monoisotopic (exact) mass is 1010 g/mol. The molecule has 0 aromatic heterocycles. The zero-order valence-electron chi connectivity index (χ0n) is 42.3. The lowest BCUT2D eigenvalue weighted by Crippen LogP contribution is -2.70. The second-order valence-corrected chi connectivity index (χ2v) is 21.2. The number of aliphatic carboxylic acids is 2. The van der Waals surface area contributed by atoms with Crippen molar-refractivity contribution >= 4 is 23.8 Å². The average molecular weight is 1010 g/mol. The van der Waals surface area contributed by atoms with Crippen molar-refractivity contribution in [3.63, 3.8) is 0 Å². The molecule has 4 rings (SSSR count). The number of carbonyl (C=O) groups excluding carboxylic acids is 2. The highest BCUT2D eigenvalue weighted by molar-refractivity contribution is 5.74. The molecule has 23 heteroatoms. The summed E-state index contributed by atoms with van der Waals surface area (Å²) in [6.07, 6.45) is -24.7. The number of ether oxygens (including phenoxy) is 8. The lowest BCUT2D eigenvalue weighted by Gasteiger charge is -2.53. The van der Waals surface area contributed by atoms with Crippen molar-refractivity contribution in [2.45, 2.75) is 243 Å². The van der Waals surface area contributed by atoms with Crippen molar-refractivity contribution in [2.24, 2.45) is 16.7 Å². The minimum Gasteiger partial charge on any atom is -0.479 e. The van der Waals surface area contributed by atoms with Crippen LogP contribution in [0.25, 0.3) is 0 Å². The number of amides is 2. The zero-order valence-corrected chi connectivity index (χ0v) is 42.3. The highest BCUT2D eigenvalue weighted by Gasteiger charge is 2.59. The van der Waals surface area contributed by atoms with Gasteiger partial charge in [0.15, 0.2) is 31.1 Å². The van der Waals surface area contributed by atoms with Crippen molar-refractivity contribution in [1.82, 2.24) is 10.6 Å². The van der Waals surface area contributed by atoms with E-state index < -0.39 is 170 Å². The number of unbranched alkanes of at least 4 members (excludes halogenated alkanes) is 1. The Hall–Kier alpha value is -2.72. The fourth-order valence-electron chi connectivity index (χ4n) is 10.6. The fourth-order valence-corrected chi connectivity index (χ4v) is 10.6. The summed E-state index contributed by atoms with van der Waals surface area (Å²) in [6.45, 7) is 17.8. The molecule has 4 fully saturated rings. The van der Waals surface area contributed by atoms with Crippen molar-refractivity contribution in [3.8, 4) is 0 Å². The van der Waals surface area contributed by atoms with Crippen LogP contribution < -0.4 is 10.6 Å². The number of aliphatic hydroxyl groups excluding tert-OH is 7. The third kappa shape index (κ3) is 14.1. The molecule has 2 amide bonds. The Balaban J connectivity index is 1.67. The van der Waals surface area contributed by atoms with Crippen LogP contribution in [-0.4, -0.2) is 205 Å². The topological polar surface area (TPSA) is 348 Å². The van der Waals surface area contributed by atoms with E-state index in [0.717, 1.165) is 19.8 Å². The van der Waals surface area contributed by atoms with Crippen molar-refractivity contribution in [1.29, 1.82) is 0 Å². The van der Waals surface area contributed by atoms with Crippen molar-refractivity contribution < 1.29 is 103 Å². The van der Waals surface area contributed by atoms with E-state index in [9.17, 15) is 65.1 Å². The molecule has 22 atom stereocenters. The van der Waals surface area contributed by atoms with Crippen molar-refractivity contribution in [3.05, 3.63) is 0 Å². The summed E-state index contributed by atoms with van der Waals surface area (Å²) in [5.74, 6) is -5.75. The first-order valence-corrected chi connectivity index (χ1v) is 24.5. The Bertz CT molecular complexity index is 1720. The van der Waals surface area contributed by atoms with Gasteiger partial charge in [0.1, 0.15) is 73.2 Å². The summed E-state index contributed by atoms with van der Waals surface area (Å²) in [4.78, 5) is 51.3. The Labute approximate surface area is 409 Å². The number of carboxylic acid groups (broad SMARTS) is 2. The third-order valence-electron chi connectivity index (χ3n) is 14.0. The van der Waals surface area contributed by atoms with Gasteiger partial charge in [-0.25, -0.2) is 9.59 Å². The quantitative estimate of drug-likeness (QED) is 0.0662. The lowest BCUT2D eigenvalue weighted by atomic mass is 9.66. The maximum atomic E-state index is 13.1. The predicted molar refractivity (Wildman–Crippen MR) is 243 cm³/mol. The number of rotatable bonds is 22. The van der Waals surface area contributed by atoms with Gasteiger partial charge in [-0.3, -0.25) is 9.59 Å². The summed E-state index contributed by atoms with van der Waals surface area (Å²) in [5, 5.41) is 105. The Morgan fingerprint density at radius 1 is 0.586 bits per heavy atom. The fraction of sp³-hybridized carbons (Fsp3) is 0.915. The molecule has 11 N–H and O–H groups in total. The molecule has 23 nitrogen and oxygen atoms in total. The highest BCUT2D eigenvalue weighted by Crippen LogP contribution is 2.46. The van der Waals surface area contributed by atoms with E-state index in [-0.39, 0.29) is 5.41 Å². The third-order valence-corrected chi connectivity index (χ3v) is 14.0. The van der Waals surface area contributed by atoms with Crippen LogP contribution in [0, 0.1) is 16.7 Å². The number of aliphatic hydroxyl groups is 7. The molecule has 0 spiro atoms. The number of hydrogen-bond acceptors (Lipinski definition) is 19. The number of hydrogen-bond donors (Lipinski definition) is 11. The molecule has 4 aliphatic heterocycles. The van der Waals surface area contributed by atoms with Crippen LogP contribution in [0.2, 0.25) is 0 Å². The molecule has 0 aromatic rings. The summed E-state index contributed by atoms with van der Waals surface area (Å²) in [7, 11) is 0. The molecule has 406 valence electrons. The van der Waals surface area contributed by atoms with Gasteiger partial charge in [0, 0.05) is 19.8 Å². The highest BCUT2D eigenvalue weighted by atomic mass is 16.8. The van der Waals surface area contributed by atoms with E-state index >= 15 is 0 Å². The predicted octanol–water partition coefficient (Wildman–Crippen LogP) is -0.325. The first-order valence-electron chi connectivity index (χ1n) is 24.5. The van der Waals surface area contributed by atoms with Gasteiger partial charge in [0.2, 0.25) is 11.8 Å². The zero-order chi connectivity index (χ0) is 52.8. The van der Waals surface area contributed by atoms with Crippen LogP contribution in [0.4, 0.5) is 0 Å². The molecule has 4 saturated heterocycles. The van der Waals surface area contributed by atoms with E-state index in [1.807, 2.05) is 48.5 Å². The lowest BCUT2D eigenvalue weighted by molar-refractivity contribution is -0.365. The van der Waals surface area contributed by atoms with Crippen LogP contribution in [0.5, 0.6) is 0 Å². The minimum absolute atomic E-state index is 0.250. The SMILES string of the molecule is CCCCC(C)(CCC)OC1C(C(=O)O)OC(OC2C(O)C(CO)OC(OC3C(C(=O)O)OC(OC4C(O)C(CO)OC(C(C)(CC)CC(C)(C)C)C4NC(C)=O)C(O)C3C)C2NC(C)=O)C(O)C1O. The van der Waals surface area contributed by atoms with Gasteiger partial charge in [-0.15, -0.1) is 0 Å². The van der Waals surface area contributed by atoms with E-state index in [1.165, 1.54) is 13.8 Å². The molecular weight excluding hydrogens is 929 g/mol. The maximum absolute atomic E-state index is 13.1. The number of nitrogens with one attached hydrogen (secondary N) is 2. The number of carbonyl (C=O) groups is 4. The minimum atomic E-state index is -2.02. The molecule has 70 heavy (non-hydrogen) atoms. The van der Waals surface area contributed by atoms with Gasteiger partial charge < -0.3 is 94.5 Å². The van der Waals surface area contributed by atoms with Crippen LogP contribution >= 0.6 is 0 Å². The molecule has 0 radical (unpaired) electrons. The Morgan fingerprint density at radius 3 is 1.54 bits per heavy atom. The summed E-state index contributed by atoms with van der Waals surface area (Å²) < 4.78 is 48.7. The summed E-state index contributed by atoms with van der Waals surface area (Å²) in [6, 6.07) is -2.76. The molecular formula is C47H82N2O21. The maximum Gasteiger partial charge on any atom is 0.335 e. The molecule has 22 unspecified atom stereocenters. The molecule has 0 aliphatic carbocycles. The van der Waals surface area contributed by atoms with Gasteiger partial charge in [0.25, 0.3) is 0 Å². The van der Waals surface area contributed by atoms with E-state index in [2.05, 4.69) is 10.6 Å². The normalized spacial score (nSPS) is 40.1. The second kappa shape index (κ2) is 25.0. The summed E-state index contributed by atoms with van der Waals surface area (Å²) >= 11 is 0. The van der Waals surface area contributed by atoms with Crippen LogP contribution in [0.1, 0.15) is 121 Å². The Kier molecular flexibility index (Phi) is 21.4. The standard InChI is InChI=1S/C47H82N2O21/c1-12-15-17-47(11,16-13-2)70-36-31(57)32(58)44(69-38(36)41(61)62)67-35-27(49-23(6)53)42(64-25(19-51)30(35)56)65-33-21(4)28(54)43(68-37(33)40(59)60)66-34-26(48-22(5)52)39(63-24(18-50)29(34)55)46(10,14-3)20-45(7,8)9/h21,24-39,42-44,50-51,54-58H,12-20H2,1-11H3,(H,48,52)(H,49,53)(H,59,60)(H,61,62). The molecule has 4 heterocycles. The van der Waals surface area contributed by atoms with E-state index in [1.54, 1.807) is 6.92 Å². The average Bonchev–Trinajstić information content (AvgIpc) is 3.26. The van der Waals surface area contributed by atoms with E-state index in [4.69, 9.17) is 37.9 Å². The first kappa shape index (κ1) is 59.8. The van der Waals surface area contributed by atoms with Gasteiger partial charge in [-0.2, -0.15) is 0 Å². The van der Waals surface area contributed by atoms with Crippen molar-refractivity contribution in [2.75, 3.05) is 13.2 Å². The van der Waals surface area contributed by atoms with Crippen LogP contribution in [0.15, 0.2) is 0 Å². The summed E-state index contributed by atoms with van der Waals surface area (Å²) in [5.41, 5.74) is -1.84.